The van der Waals surface area contributed by atoms with Crippen molar-refractivity contribution in [2.75, 3.05) is 0 Å². The van der Waals surface area contributed by atoms with Crippen LogP contribution >= 0.6 is 0 Å². The summed E-state index contributed by atoms with van der Waals surface area (Å²) in [6, 6.07) is 28.8. The Morgan fingerprint density at radius 1 is 0.850 bits per heavy atom. The first-order valence-corrected chi connectivity index (χ1v) is 6.54. The molecule has 0 unspecified atom stereocenters. The molecule has 0 saturated carbocycles. The molecule has 0 bridgehead atoms. The van der Waals surface area contributed by atoms with Gasteiger partial charge in [0.2, 0.25) is 0 Å². The zero-order valence-corrected chi connectivity index (χ0v) is 12.4. The van der Waals surface area contributed by atoms with E-state index in [1.54, 1.807) is 0 Å². The summed E-state index contributed by atoms with van der Waals surface area (Å²) in [5.41, 5.74) is 2.64. The summed E-state index contributed by atoms with van der Waals surface area (Å²) < 4.78 is 0. The van der Waals surface area contributed by atoms with Crippen molar-refractivity contribution >= 4 is 6.08 Å². The molecule has 1 heteroatoms. The summed E-state index contributed by atoms with van der Waals surface area (Å²) in [4.78, 5) is 0. The van der Waals surface area contributed by atoms with Gasteiger partial charge in [-0.1, -0.05) is 48.9 Å². The van der Waals surface area contributed by atoms with E-state index in [1.165, 1.54) is 11.1 Å². The Balaban J connectivity index is 0.000000283. The van der Waals surface area contributed by atoms with Gasteiger partial charge in [-0.15, -0.1) is 0 Å². The molecule has 3 aromatic carbocycles. The molecular weight excluding hydrogens is 284 g/mol. The van der Waals surface area contributed by atoms with Gasteiger partial charge < -0.3 is 0 Å². The monoisotopic (exact) mass is 302 g/mol. The Kier molecular flexibility index (Phi) is 8.14. The molecule has 102 valence electrons. The second-order valence-corrected chi connectivity index (χ2v) is 4.27. The molecule has 0 radical (unpaired) electrons. The molecule has 0 spiro atoms. The van der Waals surface area contributed by atoms with Gasteiger partial charge in [0.05, 0.1) is 0 Å². The third-order valence-electron chi connectivity index (χ3n) is 2.75. The molecule has 20 heavy (non-hydrogen) atoms. The smallest absolute Gasteiger partial charge is 0.214 e. The summed E-state index contributed by atoms with van der Waals surface area (Å²) in [6.45, 7) is 0. The van der Waals surface area contributed by atoms with Crippen LogP contribution in [-0.2, 0) is 23.5 Å². The fraction of sp³-hybridized carbons (Fsp3) is 0.0526. The van der Waals surface area contributed by atoms with Gasteiger partial charge in [0.25, 0.3) is 0 Å². The fourth-order valence-electron chi connectivity index (χ4n) is 1.77. The van der Waals surface area contributed by atoms with Crippen LogP contribution in [-0.4, -0.2) is 0 Å². The summed E-state index contributed by atoms with van der Waals surface area (Å²) in [6.07, 6.45) is 5.37. The fourth-order valence-corrected chi connectivity index (χ4v) is 1.77. The molecule has 0 amide bonds. The van der Waals surface area contributed by atoms with Crippen LogP contribution in [0.2, 0.25) is 0 Å². The number of hydrogen-bond acceptors (Lipinski definition) is 0. The van der Waals surface area contributed by atoms with Crippen LogP contribution in [0.15, 0.2) is 91.0 Å². The molecule has 0 aliphatic carbocycles. The van der Waals surface area contributed by atoms with Gasteiger partial charge in [0, 0.05) is 0 Å². The number of hydrogen-bond donors (Lipinski definition) is 0. The maximum absolute atomic E-state index is 2.20. The molecule has 0 N–H and O–H groups in total. The standard InChI is InChI=1S/C14H13.C5H5.Fe/c1-2-7-13(8-3-1)11-6-12-14-9-4-5-10-14;1-2-4-5-3-1;/h1-11H,12H2;1-5H;/q2*-1;+2. The van der Waals surface area contributed by atoms with Crippen LogP contribution in [0.3, 0.4) is 0 Å². The van der Waals surface area contributed by atoms with Crippen LogP contribution < -0.4 is 0 Å². The van der Waals surface area contributed by atoms with E-state index in [1.807, 2.05) is 36.4 Å². The van der Waals surface area contributed by atoms with Crippen LogP contribution in [0.1, 0.15) is 11.1 Å². The van der Waals surface area contributed by atoms with Crippen LogP contribution in [0.25, 0.3) is 6.08 Å². The number of allylic oxidation sites excluding steroid dienone is 1. The Labute approximate surface area is 132 Å². The molecule has 0 aliphatic rings. The van der Waals surface area contributed by atoms with Crippen LogP contribution in [0.5, 0.6) is 0 Å². The van der Waals surface area contributed by atoms with E-state index >= 15 is 0 Å². The molecule has 3 rings (SSSR count). The number of benzene rings is 1. The minimum atomic E-state index is 0. The summed E-state index contributed by atoms with van der Waals surface area (Å²) in [5.74, 6) is 0. The van der Waals surface area contributed by atoms with Gasteiger partial charge in [-0.3, -0.25) is 0 Å². The minimum Gasteiger partial charge on any atom is -0.214 e. The van der Waals surface area contributed by atoms with Crippen molar-refractivity contribution in [1.82, 2.24) is 0 Å². The molecule has 0 aliphatic heterocycles. The topological polar surface area (TPSA) is 0 Å². The molecule has 0 atom stereocenters. The maximum Gasteiger partial charge on any atom is 2.00 e. The molecule has 0 heterocycles. The predicted molar refractivity (Wildman–Crippen MR) is 83.3 cm³/mol. The quantitative estimate of drug-likeness (QED) is 0.468. The Morgan fingerprint density at radius 3 is 2.05 bits per heavy atom. The molecular formula is C19H18Fe. The Morgan fingerprint density at radius 2 is 1.50 bits per heavy atom. The third-order valence-corrected chi connectivity index (χ3v) is 2.75. The zero-order chi connectivity index (χ0) is 13.2. The van der Waals surface area contributed by atoms with Crippen LogP contribution in [0, 0.1) is 0 Å². The van der Waals surface area contributed by atoms with E-state index in [0.29, 0.717) is 0 Å². The Hall–Kier alpha value is -1.82. The maximum atomic E-state index is 2.20. The van der Waals surface area contributed by atoms with Crippen LogP contribution in [0.4, 0.5) is 0 Å². The van der Waals surface area contributed by atoms with E-state index in [0.717, 1.165) is 6.42 Å². The first kappa shape index (κ1) is 16.2. The van der Waals surface area contributed by atoms with Crippen molar-refractivity contribution in [3.05, 3.63) is 102 Å². The first-order valence-electron chi connectivity index (χ1n) is 6.54. The molecule has 3 aromatic rings. The molecule has 0 aromatic heterocycles. The van der Waals surface area contributed by atoms with Gasteiger partial charge in [0.15, 0.2) is 0 Å². The van der Waals surface area contributed by atoms with E-state index in [-0.39, 0.29) is 17.1 Å². The van der Waals surface area contributed by atoms with Gasteiger partial charge >= 0.3 is 17.1 Å². The second kappa shape index (κ2) is 10.0. The molecule has 0 nitrogen and oxygen atoms in total. The first-order chi connectivity index (χ1) is 9.45. The van der Waals surface area contributed by atoms with Gasteiger partial charge in [0.1, 0.15) is 0 Å². The van der Waals surface area contributed by atoms with Gasteiger partial charge in [-0.05, 0) is 5.56 Å². The summed E-state index contributed by atoms with van der Waals surface area (Å²) in [5, 5.41) is 0. The average Bonchev–Trinajstić information content (AvgIpc) is 3.16. The summed E-state index contributed by atoms with van der Waals surface area (Å²) >= 11 is 0. The van der Waals surface area contributed by atoms with Crippen molar-refractivity contribution in [3.63, 3.8) is 0 Å². The second-order valence-electron chi connectivity index (χ2n) is 4.27. The minimum absolute atomic E-state index is 0. The van der Waals surface area contributed by atoms with Crippen molar-refractivity contribution in [1.29, 1.82) is 0 Å². The van der Waals surface area contributed by atoms with E-state index in [2.05, 4.69) is 60.7 Å². The molecule has 0 fully saturated rings. The van der Waals surface area contributed by atoms with Gasteiger partial charge in [-0.2, -0.15) is 35.9 Å². The SMILES string of the molecule is C(=Cc1ccccc1)C[c-]1cccc1.[Fe+2].c1cc[cH-]c1. The van der Waals surface area contributed by atoms with Crippen molar-refractivity contribution in [2.45, 2.75) is 6.42 Å². The van der Waals surface area contributed by atoms with Crippen molar-refractivity contribution in [3.8, 4) is 0 Å². The predicted octanol–water partition coefficient (Wildman–Crippen LogP) is 5.06. The number of rotatable bonds is 3. The van der Waals surface area contributed by atoms with Crippen molar-refractivity contribution < 1.29 is 17.1 Å². The summed E-state index contributed by atoms with van der Waals surface area (Å²) in [7, 11) is 0. The van der Waals surface area contributed by atoms with E-state index < -0.39 is 0 Å². The molecule has 0 saturated heterocycles. The normalized spacial score (nSPS) is 9.60. The van der Waals surface area contributed by atoms with Crippen molar-refractivity contribution in [2.24, 2.45) is 0 Å². The average molecular weight is 302 g/mol. The van der Waals surface area contributed by atoms with E-state index in [4.69, 9.17) is 0 Å². The zero-order valence-electron chi connectivity index (χ0n) is 11.3. The largest absolute Gasteiger partial charge is 2.00 e. The Bertz CT molecular complexity index is 528. The third kappa shape index (κ3) is 6.38. The van der Waals surface area contributed by atoms with Gasteiger partial charge in [-0.25, -0.2) is 24.3 Å². The van der Waals surface area contributed by atoms with E-state index in [9.17, 15) is 0 Å².